The molecule has 0 aliphatic carbocycles. The zero-order valence-electron chi connectivity index (χ0n) is 9.57. The van der Waals surface area contributed by atoms with Gasteiger partial charge < -0.3 is 19.7 Å². The average Bonchev–Trinajstić information content (AvgIpc) is 2.39. The van der Waals surface area contributed by atoms with Gasteiger partial charge in [0, 0.05) is 6.08 Å². The molecule has 0 aliphatic rings. The molecule has 17 heavy (non-hydrogen) atoms. The molecule has 1 atom stereocenters. The minimum Gasteiger partial charge on any atom is -0.466 e. The SMILES string of the molecule is C=CC(=O)OC.OCC(O)Oc1ccccc1. The van der Waals surface area contributed by atoms with Crippen LogP contribution in [0.1, 0.15) is 0 Å². The lowest BCUT2D eigenvalue weighted by Gasteiger charge is -2.09. The molecule has 5 heteroatoms. The maximum absolute atomic E-state index is 9.84. The van der Waals surface area contributed by atoms with Crippen LogP contribution < -0.4 is 4.74 Å². The van der Waals surface area contributed by atoms with Gasteiger partial charge in [-0.1, -0.05) is 24.8 Å². The number of ether oxygens (including phenoxy) is 2. The lowest BCUT2D eigenvalue weighted by Crippen LogP contribution is -2.19. The molecule has 0 aliphatic heterocycles. The number of hydrogen-bond donors (Lipinski definition) is 2. The molecule has 0 spiro atoms. The van der Waals surface area contributed by atoms with Gasteiger partial charge in [0.15, 0.2) is 0 Å². The molecule has 94 valence electrons. The predicted octanol–water partition coefficient (Wildman–Crippen LogP) is 0.722. The summed E-state index contributed by atoms with van der Waals surface area (Å²) in [4.78, 5) is 9.84. The Balaban J connectivity index is 0.000000366. The normalized spacial score (nSPS) is 10.5. The minimum atomic E-state index is -1.13. The van der Waals surface area contributed by atoms with Crippen LogP contribution in [0.15, 0.2) is 43.0 Å². The molecule has 1 unspecified atom stereocenters. The van der Waals surface area contributed by atoms with Crippen LogP contribution in [0.4, 0.5) is 0 Å². The van der Waals surface area contributed by atoms with Crippen LogP contribution in [0, 0.1) is 0 Å². The molecule has 0 heterocycles. The summed E-state index contributed by atoms with van der Waals surface area (Å²) in [6.07, 6.45) is -0.0163. The van der Waals surface area contributed by atoms with E-state index in [0.29, 0.717) is 5.75 Å². The van der Waals surface area contributed by atoms with E-state index in [9.17, 15) is 4.79 Å². The molecule has 0 fully saturated rings. The molecule has 0 aromatic heterocycles. The van der Waals surface area contributed by atoms with Gasteiger partial charge in [0.1, 0.15) is 12.4 Å². The molecule has 0 saturated carbocycles. The molecule has 0 radical (unpaired) electrons. The third kappa shape index (κ3) is 8.01. The lowest BCUT2D eigenvalue weighted by molar-refractivity contribution is -0.134. The van der Waals surface area contributed by atoms with Gasteiger partial charge in [0.25, 0.3) is 0 Å². The van der Waals surface area contributed by atoms with Gasteiger partial charge in [-0.25, -0.2) is 4.79 Å². The quantitative estimate of drug-likeness (QED) is 0.461. The smallest absolute Gasteiger partial charge is 0.329 e. The van der Waals surface area contributed by atoms with Crippen molar-refractivity contribution in [3.63, 3.8) is 0 Å². The fourth-order valence-corrected chi connectivity index (χ4v) is 0.777. The Morgan fingerprint density at radius 3 is 2.41 bits per heavy atom. The van der Waals surface area contributed by atoms with Gasteiger partial charge >= 0.3 is 5.97 Å². The molecule has 0 amide bonds. The summed E-state index contributed by atoms with van der Waals surface area (Å²) in [5.41, 5.74) is 0. The van der Waals surface area contributed by atoms with Crippen LogP contribution in [0.2, 0.25) is 0 Å². The van der Waals surface area contributed by atoms with Gasteiger partial charge in [-0.05, 0) is 12.1 Å². The summed E-state index contributed by atoms with van der Waals surface area (Å²) in [6, 6.07) is 8.84. The highest BCUT2D eigenvalue weighted by Crippen LogP contribution is 2.09. The van der Waals surface area contributed by atoms with E-state index < -0.39 is 18.9 Å². The standard InChI is InChI=1S/C8H10O3.C4H6O2/c9-6-8(10)11-7-4-2-1-3-5-7;1-3-4(5)6-2/h1-5,8-10H,6H2;3H,1H2,2H3. The summed E-state index contributed by atoms with van der Waals surface area (Å²) in [5.74, 6) is 0.157. The van der Waals surface area contributed by atoms with Crippen LogP contribution in [-0.2, 0) is 9.53 Å². The van der Waals surface area contributed by atoms with E-state index in [0.717, 1.165) is 6.08 Å². The summed E-state index contributed by atoms with van der Waals surface area (Å²) in [5, 5.41) is 17.3. The van der Waals surface area contributed by atoms with Crippen molar-refractivity contribution >= 4 is 5.97 Å². The summed E-state index contributed by atoms with van der Waals surface area (Å²) in [7, 11) is 1.31. The van der Waals surface area contributed by atoms with Crippen molar-refractivity contribution in [1.82, 2.24) is 0 Å². The largest absolute Gasteiger partial charge is 0.466 e. The zero-order chi connectivity index (χ0) is 13.1. The Morgan fingerprint density at radius 1 is 1.47 bits per heavy atom. The van der Waals surface area contributed by atoms with Gasteiger partial charge in [0.2, 0.25) is 6.29 Å². The van der Waals surface area contributed by atoms with Crippen molar-refractivity contribution in [2.75, 3.05) is 13.7 Å². The number of carbonyl (C=O) groups is 1. The van der Waals surface area contributed by atoms with Crippen LogP contribution >= 0.6 is 0 Å². The van der Waals surface area contributed by atoms with Crippen LogP contribution in [0.3, 0.4) is 0 Å². The Hall–Kier alpha value is -1.85. The van der Waals surface area contributed by atoms with Crippen molar-refractivity contribution in [1.29, 1.82) is 0 Å². The Bertz CT molecular complexity index is 323. The van der Waals surface area contributed by atoms with E-state index in [-0.39, 0.29) is 0 Å². The monoisotopic (exact) mass is 240 g/mol. The molecule has 0 bridgehead atoms. The number of methoxy groups -OCH3 is 1. The van der Waals surface area contributed by atoms with Crippen LogP contribution in [0.25, 0.3) is 0 Å². The molecule has 0 saturated heterocycles. The first kappa shape index (κ1) is 15.2. The summed E-state index contributed by atoms with van der Waals surface area (Å²) >= 11 is 0. The average molecular weight is 240 g/mol. The second kappa shape index (κ2) is 9.38. The zero-order valence-corrected chi connectivity index (χ0v) is 9.57. The number of rotatable bonds is 4. The molecular weight excluding hydrogens is 224 g/mol. The number of carbonyl (C=O) groups excluding carboxylic acids is 1. The lowest BCUT2D eigenvalue weighted by atomic mass is 10.3. The van der Waals surface area contributed by atoms with Gasteiger partial charge in [-0.15, -0.1) is 0 Å². The third-order valence-corrected chi connectivity index (χ3v) is 1.54. The van der Waals surface area contributed by atoms with E-state index in [1.165, 1.54) is 7.11 Å². The van der Waals surface area contributed by atoms with Gasteiger partial charge in [0.05, 0.1) is 7.11 Å². The first-order chi connectivity index (χ1) is 8.13. The maximum atomic E-state index is 9.84. The summed E-state index contributed by atoms with van der Waals surface area (Å²) in [6.45, 7) is 2.76. The van der Waals surface area contributed by atoms with Crippen molar-refractivity contribution < 1.29 is 24.5 Å². The highest BCUT2D eigenvalue weighted by atomic mass is 16.6. The summed E-state index contributed by atoms with van der Waals surface area (Å²) < 4.78 is 9.01. The number of para-hydroxylation sites is 1. The van der Waals surface area contributed by atoms with Crippen molar-refractivity contribution in [3.05, 3.63) is 43.0 Å². The van der Waals surface area contributed by atoms with Gasteiger partial charge in [-0.2, -0.15) is 0 Å². The van der Waals surface area contributed by atoms with Crippen molar-refractivity contribution in [2.45, 2.75) is 6.29 Å². The first-order valence-electron chi connectivity index (χ1n) is 4.85. The Morgan fingerprint density at radius 2 is 2.06 bits per heavy atom. The molecule has 1 rings (SSSR count). The van der Waals surface area contributed by atoms with E-state index in [1.54, 1.807) is 24.3 Å². The second-order valence-corrected chi connectivity index (χ2v) is 2.80. The topological polar surface area (TPSA) is 76.0 Å². The Labute approximate surface area is 99.9 Å². The van der Waals surface area contributed by atoms with Crippen LogP contribution in [0.5, 0.6) is 5.75 Å². The fraction of sp³-hybridized carbons (Fsp3) is 0.250. The van der Waals surface area contributed by atoms with E-state index in [4.69, 9.17) is 14.9 Å². The van der Waals surface area contributed by atoms with Crippen molar-refractivity contribution in [3.8, 4) is 5.75 Å². The first-order valence-corrected chi connectivity index (χ1v) is 4.85. The van der Waals surface area contributed by atoms with E-state index in [2.05, 4.69) is 11.3 Å². The predicted molar refractivity (Wildman–Crippen MR) is 62.4 cm³/mol. The minimum absolute atomic E-state index is 0.394. The Kier molecular flexibility index (Phi) is 8.36. The van der Waals surface area contributed by atoms with E-state index >= 15 is 0 Å². The highest BCUT2D eigenvalue weighted by molar-refractivity contribution is 5.80. The third-order valence-electron chi connectivity index (χ3n) is 1.54. The number of hydrogen-bond acceptors (Lipinski definition) is 5. The molecular formula is C12H16O5. The fourth-order valence-electron chi connectivity index (χ4n) is 0.777. The molecule has 2 N–H and O–H groups in total. The van der Waals surface area contributed by atoms with Gasteiger partial charge in [-0.3, -0.25) is 0 Å². The second-order valence-electron chi connectivity index (χ2n) is 2.80. The number of aliphatic hydroxyl groups is 2. The maximum Gasteiger partial charge on any atom is 0.329 e. The number of benzene rings is 1. The highest BCUT2D eigenvalue weighted by Gasteiger charge is 2.01. The molecule has 1 aromatic carbocycles. The van der Waals surface area contributed by atoms with Crippen LogP contribution in [-0.4, -0.2) is 36.2 Å². The van der Waals surface area contributed by atoms with E-state index in [1.807, 2.05) is 6.07 Å². The van der Waals surface area contributed by atoms with Crippen molar-refractivity contribution in [2.24, 2.45) is 0 Å². The molecule has 1 aromatic rings. The molecule has 5 nitrogen and oxygen atoms in total. The number of aliphatic hydroxyl groups excluding tert-OH is 2. The number of esters is 1.